The van der Waals surface area contributed by atoms with Crippen LogP contribution in [0.15, 0.2) is 18.6 Å². The fourth-order valence-corrected chi connectivity index (χ4v) is 2.87. The molecule has 0 saturated carbocycles. The molecule has 0 spiro atoms. The zero-order chi connectivity index (χ0) is 15.5. The van der Waals surface area contributed by atoms with Gasteiger partial charge in [-0.15, -0.1) is 0 Å². The molecule has 1 aliphatic rings. The van der Waals surface area contributed by atoms with Crippen molar-refractivity contribution in [3.8, 4) is 0 Å². The summed E-state index contributed by atoms with van der Waals surface area (Å²) in [4.78, 5) is 18.9. The summed E-state index contributed by atoms with van der Waals surface area (Å²) in [5, 5.41) is 7.06. The number of aryl methyl sites for hydroxylation is 2. The van der Waals surface area contributed by atoms with Gasteiger partial charge in [0.2, 0.25) is 5.91 Å². The average Bonchev–Trinajstić information content (AvgIpc) is 3.15. The van der Waals surface area contributed by atoms with E-state index in [4.69, 9.17) is 4.74 Å². The summed E-state index contributed by atoms with van der Waals surface area (Å²) in [6.07, 6.45) is 6.18. The normalized spacial score (nSPS) is 18.6. The number of rotatable bonds is 4. The highest BCUT2D eigenvalue weighted by molar-refractivity contribution is 5.76. The molecule has 1 N–H and O–H groups in total. The third kappa shape index (κ3) is 2.76. The van der Waals surface area contributed by atoms with Gasteiger partial charge in [-0.3, -0.25) is 9.89 Å². The van der Waals surface area contributed by atoms with Crippen molar-refractivity contribution in [1.29, 1.82) is 0 Å². The standard InChI is InChI=1S/C15H21N5O2/c1-3-13-16-4-5-19(13)9-14(21)20-6-7-22-10-12(20)15-11(2)8-17-18-15/h4-5,8,12H,3,6-7,9-10H2,1-2H3,(H,17,18)/t12-/m0/s1. The molecule has 1 aliphatic heterocycles. The molecule has 1 atom stereocenters. The van der Waals surface area contributed by atoms with E-state index in [1.807, 2.05) is 29.5 Å². The maximum absolute atomic E-state index is 12.7. The van der Waals surface area contributed by atoms with Crippen LogP contribution >= 0.6 is 0 Å². The van der Waals surface area contributed by atoms with Gasteiger partial charge in [0.1, 0.15) is 12.4 Å². The molecule has 1 amide bonds. The van der Waals surface area contributed by atoms with Crippen molar-refractivity contribution >= 4 is 5.91 Å². The van der Waals surface area contributed by atoms with E-state index in [0.29, 0.717) is 26.3 Å². The first-order valence-electron chi connectivity index (χ1n) is 7.57. The highest BCUT2D eigenvalue weighted by Gasteiger charge is 2.30. The summed E-state index contributed by atoms with van der Waals surface area (Å²) in [6, 6.07) is -0.0997. The molecule has 3 rings (SSSR count). The van der Waals surface area contributed by atoms with Gasteiger partial charge in [0.25, 0.3) is 0 Å². The lowest BCUT2D eigenvalue weighted by molar-refractivity contribution is -0.141. The highest BCUT2D eigenvalue weighted by Crippen LogP contribution is 2.25. The van der Waals surface area contributed by atoms with Gasteiger partial charge in [0.15, 0.2) is 0 Å². The predicted octanol–water partition coefficient (Wildman–Crippen LogP) is 1.08. The van der Waals surface area contributed by atoms with Gasteiger partial charge in [-0.1, -0.05) is 6.92 Å². The molecule has 118 valence electrons. The Morgan fingerprint density at radius 3 is 3.14 bits per heavy atom. The Kier molecular flexibility index (Phi) is 4.24. The van der Waals surface area contributed by atoms with Crippen molar-refractivity contribution in [2.75, 3.05) is 19.8 Å². The fourth-order valence-electron chi connectivity index (χ4n) is 2.87. The van der Waals surface area contributed by atoms with Crippen molar-refractivity contribution in [2.45, 2.75) is 32.9 Å². The van der Waals surface area contributed by atoms with Gasteiger partial charge < -0.3 is 14.2 Å². The maximum atomic E-state index is 12.7. The Labute approximate surface area is 129 Å². The number of H-pyrrole nitrogens is 1. The highest BCUT2D eigenvalue weighted by atomic mass is 16.5. The Bertz CT molecular complexity index is 648. The third-order valence-corrected chi connectivity index (χ3v) is 4.07. The number of aromatic nitrogens is 4. The topological polar surface area (TPSA) is 76.0 Å². The number of morpholine rings is 1. The number of hydrogen-bond acceptors (Lipinski definition) is 4. The SMILES string of the molecule is CCc1nccn1CC(=O)N1CCOC[C@H]1c1[nH]ncc1C. The van der Waals surface area contributed by atoms with E-state index in [1.54, 1.807) is 12.4 Å². The molecule has 0 aromatic carbocycles. The van der Waals surface area contributed by atoms with E-state index in [2.05, 4.69) is 15.2 Å². The summed E-state index contributed by atoms with van der Waals surface area (Å²) in [5.74, 6) is 1.01. The summed E-state index contributed by atoms with van der Waals surface area (Å²) in [6.45, 7) is 6.00. The number of nitrogens with zero attached hydrogens (tertiary/aromatic N) is 4. The van der Waals surface area contributed by atoms with Gasteiger partial charge in [0.05, 0.1) is 31.1 Å². The third-order valence-electron chi connectivity index (χ3n) is 4.07. The van der Waals surface area contributed by atoms with Gasteiger partial charge in [-0.05, 0) is 12.5 Å². The van der Waals surface area contributed by atoms with Crippen molar-refractivity contribution in [3.05, 3.63) is 35.7 Å². The molecule has 0 radical (unpaired) electrons. The van der Waals surface area contributed by atoms with E-state index in [0.717, 1.165) is 23.5 Å². The molecular formula is C15H21N5O2. The van der Waals surface area contributed by atoms with Crippen LogP contribution in [0, 0.1) is 6.92 Å². The van der Waals surface area contributed by atoms with Gasteiger partial charge >= 0.3 is 0 Å². The molecule has 1 saturated heterocycles. The number of aromatic amines is 1. The van der Waals surface area contributed by atoms with Crippen LogP contribution in [0.4, 0.5) is 0 Å². The van der Waals surface area contributed by atoms with Crippen LogP contribution in [0.25, 0.3) is 0 Å². The first-order chi connectivity index (χ1) is 10.7. The zero-order valence-electron chi connectivity index (χ0n) is 13.0. The molecule has 2 aromatic rings. The van der Waals surface area contributed by atoms with Crippen molar-refractivity contribution in [3.63, 3.8) is 0 Å². The van der Waals surface area contributed by atoms with Crippen LogP contribution in [0.2, 0.25) is 0 Å². The second kappa shape index (κ2) is 6.31. The van der Waals surface area contributed by atoms with Gasteiger partial charge in [-0.25, -0.2) is 4.98 Å². The van der Waals surface area contributed by atoms with Crippen molar-refractivity contribution in [1.82, 2.24) is 24.6 Å². The summed E-state index contributed by atoms with van der Waals surface area (Å²) in [5.41, 5.74) is 2.00. The Balaban J connectivity index is 1.79. The molecule has 3 heterocycles. The van der Waals surface area contributed by atoms with E-state index in [1.165, 1.54) is 0 Å². The Morgan fingerprint density at radius 1 is 1.55 bits per heavy atom. The summed E-state index contributed by atoms with van der Waals surface area (Å²) >= 11 is 0. The first-order valence-corrected chi connectivity index (χ1v) is 7.57. The molecule has 7 heteroatoms. The minimum absolute atomic E-state index is 0.0787. The molecular weight excluding hydrogens is 282 g/mol. The van der Waals surface area contributed by atoms with E-state index in [-0.39, 0.29) is 11.9 Å². The lowest BCUT2D eigenvalue weighted by Crippen LogP contribution is -2.45. The minimum Gasteiger partial charge on any atom is -0.377 e. The molecule has 22 heavy (non-hydrogen) atoms. The Hall–Kier alpha value is -2.15. The number of hydrogen-bond donors (Lipinski definition) is 1. The van der Waals surface area contributed by atoms with Gasteiger partial charge in [-0.2, -0.15) is 5.10 Å². The van der Waals surface area contributed by atoms with E-state index >= 15 is 0 Å². The lowest BCUT2D eigenvalue weighted by atomic mass is 10.1. The first kappa shape index (κ1) is 14.8. The molecule has 1 fully saturated rings. The number of amides is 1. The zero-order valence-corrected chi connectivity index (χ0v) is 13.0. The fraction of sp³-hybridized carbons (Fsp3) is 0.533. The number of ether oxygens (including phenoxy) is 1. The van der Waals surface area contributed by atoms with Crippen LogP contribution in [-0.4, -0.2) is 50.3 Å². The van der Waals surface area contributed by atoms with E-state index in [9.17, 15) is 4.79 Å². The number of nitrogens with one attached hydrogen (secondary N) is 1. The monoisotopic (exact) mass is 303 g/mol. The number of carbonyl (C=O) groups is 1. The molecule has 7 nitrogen and oxygen atoms in total. The van der Waals surface area contributed by atoms with Crippen molar-refractivity contribution < 1.29 is 9.53 Å². The van der Waals surface area contributed by atoms with Crippen LogP contribution in [-0.2, 0) is 22.5 Å². The smallest absolute Gasteiger partial charge is 0.243 e. The van der Waals surface area contributed by atoms with Crippen LogP contribution < -0.4 is 0 Å². The molecule has 2 aromatic heterocycles. The largest absolute Gasteiger partial charge is 0.377 e. The summed E-state index contributed by atoms with van der Waals surface area (Å²) in [7, 11) is 0. The summed E-state index contributed by atoms with van der Waals surface area (Å²) < 4.78 is 7.47. The second-order valence-corrected chi connectivity index (χ2v) is 5.47. The molecule has 0 bridgehead atoms. The molecule has 0 aliphatic carbocycles. The minimum atomic E-state index is -0.0997. The number of carbonyl (C=O) groups excluding carboxylic acids is 1. The quantitative estimate of drug-likeness (QED) is 0.917. The van der Waals surface area contributed by atoms with E-state index < -0.39 is 0 Å². The molecule has 0 unspecified atom stereocenters. The van der Waals surface area contributed by atoms with Crippen LogP contribution in [0.1, 0.15) is 30.0 Å². The second-order valence-electron chi connectivity index (χ2n) is 5.47. The number of imidazole rings is 1. The Morgan fingerprint density at radius 2 is 2.41 bits per heavy atom. The average molecular weight is 303 g/mol. The lowest BCUT2D eigenvalue weighted by Gasteiger charge is -2.35. The van der Waals surface area contributed by atoms with Crippen LogP contribution in [0.5, 0.6) is 0 Å². The van der Waals surface area contributed by atoms with Crippen molar-refractivity contribution in [2.24, 2.45) is 0 Å². The maximum Gasteiger partial charge on any atom is 0.243 e. The predicted molar refractivity (Wildman–Crippen MR) is 80.2 cm³/mol. The van der Waals surface area contributed by atoms with Crippen LogP contribution in [0.3, 0.4) is 0 Å². The van der Waals surface area contributed by atoms with Gasteiger partial charge in [0, 0.05) is 25.4 Å².